The van der Waals surface area contributed by atoms with Gasteiger partial charge in [0.2, 0.25) is 0 Å². The van der Waals surface area contributed by atoms with E-state index in [1.165, 1.54) is 0 Å². The molecule has 0 N–H and O–H groups in total. The summed E-state index contributed by atoms with van der Waals surface area (Å²) in [5.41, 5.74) is 2.16. The van der Waals surface area contributed by atoms with Crippen LogP contribution < -0.4 is 9.47 Å². The zero-order chi connectivity index (χ0) is 26.9. The number of methoxy groups -OCH3 is 2. The first-order chi connectivity index (χ1) is 18.2. The molecule has 0 spiro atoms. The van der Waals surface area contributed by atoms with Gasteiger partial charge in [-0.2, -0.15) is 0 Å². The van der Waals surface area contributed by atoms with Gasteiger partial charge in [0.25, 0.3) is 11.8 Å². The van der Waals surface area contributed by atoms with E-state index in [-0.39, 0.29) is 23.7 Å². The van der Waals surface area contributed by atoms with Gasteiger partial charge in [0, 0.05) is 36.9 Å². The third-order valence-electron chi connectivity index (χ3n) is 8.64. The van der Waals surface area contributed by atoms with Gasteiger partial charge in [-0.1, -0.05) is 24.3 Å². The van der Waals surface area contributed by atoms with Gasteiger partial charge in [-0.05, 0) is 72.9 Å². The molecule has 4 saturated carbocycles. The Morgan fingerprint density at radius 1 is 0.579 bits per heavy atom. The Morgan fingerprint density at radius 2 is 0.895 bits per heavy atom. The van der Waals surface area contributed by atoms with Crippen molar-refractivity contribution in [3.8, 4) is 11.5 Å². The number of alkyl halides is 4. The molecule has 4 aliphatic carbocycles. The quantitative estimate of drug-likeness (QED) is 0.306. The Bertz CT molecular complexity index is 945. The van der Waals surface area contributed by atoms with E-state index < -0.39 is 11.8 Å². The van der Waals surface area contributed by atoms with Crippen LogP contribution in [0.3, 0.4) is 0 Å². The van der Waals surface area contributed by atoms with E-state index >= 15 is 0 Å². The molecule has 0 amide bonds. The summed E-state index contributed by atoms with van der Waals surface area (Å²) < 4.78 is 73.5. The van der Waals surface area contributed by atoms with E-state index in [0.717, 1.165) is 22.6 Å². The predicted molar refractivity (Wildman–Crippen MR) is 135 cm³/mol. The Kier molecular flexibility index (Phi) is 7.92. The van der Waals surface area contributed by atoms with Crippen molar-refractivity contribution in [2.24, 2.45) is 35.5 Å². The second-order valence-corrected chi connectivity index (χ2v) is 11.2. The highest BCUT2D eigenvalue weighted by Gasteiger charge is 2.72. The first kappa shape index (κ1) is 27.3. The van der Waals surface area contributed by atoms with Crippen LogP contribution in [-0.4, -0.2) is 39.3 Å². The van der Waals surface area contributed by atoms with Gasteiger partial charge < -0.3 is 18.9 Å². The highest BCUT2D eigenvalue weighted by Crippen LogP contribution is 2.66. The summed E-state index contributed by atoms with van der Waals surface area (Å²) in [5, 5.41) is 0. The lowest BCUT2D eigenvalue weighted by Crippen LogP contribution is -2.13. The van der Waals surface area contributed by atoms with E-state index in [2.05, 4.69) is 0 Å². The molecule has 0 saturated heterocycles. The summed E-state index contributed by atoms with van der Waals surface area (Å²) in [6.45, 7) is 2.25. The van der Waals surface area contributed by atoms with Gasteiger partial charge in [0.05, 0.1) is 27.4 Å². The molecule has 4 nitrogen and oxygen atoms in total. The van der Waals surface area contributed by atoms with Crippen LogP contribution in [0.15, 0.2) is 48.5 Å². The summed E-state index contributed by atoms with van der Waals surface area (Å²) in [6, 6.07) is 15.4. The second-order valence-electron chi connectivity index (χ2n) is 11.2. The van der Waals surface area contributed by atoms with Crippen molar-refractivity contribution in [1.29, 1.82) is 0 Å². The summed E-state index contributed by atoms with van der Waals surface area (Å²) in [5.74, 6) is -3.91. The number of ether oxygens (including phenoxy) is 4. The maximum Gasteiger partial charge on any atom is 0.254 e. The molecule has 0 radical (unpaired) electrons. The fourth-order valence-electron chi connectivity index (χ4n) is 6.24. The fourth-order valence-corrected chi connectivity index (χ4v) is 6.24. The summed E-state index contributed by atoms with van der Waals surface area (Å²) in [7, 11) is 3.26. The molecule has 0 bridgehead atoms. The van der Waals surface area contributed by atoms with Gasteiger partial charge in [0.1, 0.15) is 11.5 Å². The van der Waals surface area contributed by atoms with Crippen molar-refractivity contribution in [3.05, 3.63) is 59.7 Å². The average Bonchev–Trinajstić information content (AvgIpc) is 3.38. The van der Waals surface area contributed by atoms with Crippen LogP contribution in [0.1, 0.15) is 36.8 Å². The van der Waals surface area contributed by atoms with Crippen LogP contribution in [0, 0.1) is 35.5 Å². The molecule has 38 heavy (non-hydrogen) atoms. The average molecular weight is 537 g/mol. The smallest absolute Gasteiger partial charge is 0.254 e. The van der Waals surface area contributed by atoms with E-state index in [4.69, 9.17) is 18.9 Å². The van der Waals surface area contributed by atoms with Crippen molar-refractivity contribution >= 4 is 0 Å². The van der Waals surface area contributed by atoms with Crippen molar-refractivity contribution < 1.29 is 36.5 Å². The molecule has 208 valence electrons. The SMILES string of the molecule is COc1ccc(COCC2C[C@@H]3[C@H](C2)C3(F)F)cc1.COc1ccc(COCC2C[C@@H]3[C@H](C2)C3(F)F)cc1. The van der Waals surface area contributed by atoms with Crippen molar-refractivity contribution in [3.63, 3.8) is 0 Å². The summed E-state index contributed by atoms with van der Waals surface area (Å²) in [4.78, 5) is 0. The van der Waals surface area contributed by atoms with E-state index in [0.29, 0.717) is 63.9 Å². The van der Waals surface area contributed by atoms with Crippen LogP contribution in [0.2, 0.25) is 0 Å². The van der Waals surface area contributed by atoms with E-state index in [1.54, 1.807) is 14.2 Å². The van der Waals surface area contributed by atoms with Crippen molar-refractivity contribution in [2.45, 2.75) is 50.7 Å². The second kappa shape index (κ2) is 11.0. The van der Waals surface area contributed by atoms with E-state index in [9.17, 15) is 17.6 Å². The van der Waals surface area contributed by atoms with Crippen molar-refractivity contribution in [1.82, 2.24) is 0 Å². The molecule has 8 heteroatoms. The molecular formula is C30H36F4O4. The molecular weight excluding hydrogens is 500 g/mol. The van der Waals surface area contributed by atoms with Crippen LogP contribution in [0.5, 0.6) is 11.5 Å². The lowest BCUT2D eigenvalue weighted by atomic mass is 10.0. The third kappa shape index (κ3) is 5.96. The topological polar surface area (TPSA) is 36.9 Å². The maximum absolute atomic E-state index is 13.0. The van der Waals surface area contributed by atoms with E-state index in [1.807, 2.05) is 48.5 Å². The summed E-state index contributed by atoms with van der Waals surface area (Å²) >= 11 is 0. The van der Waals surface area contributed by atoms with Gasteiger partial charge in [-0.25, -0.2) is 17.6 Å². The van der Waals surface area contributed by atoms with Crippen LogP contribution in [0.25, 0.3) is 0 Å². The number of hydrogen-bond acceptors (Lipinski definition) is 4. The molecule has 2 aromatic rings. The molecule has 0 aromatic heterocycles. The zero-order valence-electron chi connectivity index (χ0n) is 21.9. The molecule has 4 fully saturated rings. The normalized spacial score (nSPS) is 31.0. The molecule has 0 heterocycles. The van der Waals surface area contributed by atoms with Crippen LogP contribution in [-0.2, 0) is 22.7 Å². The number of hydrogen-bond donors (Lipinski definition) is 0. The third-order valence-corrected chi connectivity index (χ3v) is 8.64. The molecule has 4 aliphatic rings. The Labute approximate surface area is 221 Å². The highest BCUT2D eigenvalue weighted by molar-refractivity contribution is 5.27. The molecule has 6 rings (SSSR count). The Hall–Kier alpha value is -2.32. The first-order valence-electron chi connectivity index (χ1n) is 13.4. The number of fused-ring (bicyclic) bond motifs is 2. The Balaban J connectivity index is 0.000000155. The molecule has 6 atom stereocenters. The van der Waals surface area contributed by atoms with Crippen LogP contribution >= 0.6 is 0 Å². The van der Waals surface area contributed by atoms with Crippen LogP contribution in [0.4, 0.5) is 17.6 Å². The molecule has 2 unspecified atom stereocenters. The van der Waals surface area contributed by atoms with Gasteiger partial charge >= 0.3 is 0 Å². The largest absolute Gasteiger partial charge is 0.497 e. The highest BCUT2D eigenvalue weighted by atomic mass is 19.3. The number of benzene rings is 2. The minimum atomic E-state index is -2.37. The minimum absolute atomic E-state index is 0.313. The standard InChI is InChI=1S/2C15H18F2O2/c2*1-18-12-4-2-10(3-5-12)8-19-9-11-6-13-14(7-11)15(13,16)17/h2*2-5,11,13-14H,6-9H2,1H3/t2*11?,13-,14+. The lowest BCUT2D eigenvalue weighted by Gasteiger charge is -2.14. The predicted octanol–water partition coefficient (Wildman–Crippen LogP) is 7.01. The zero-order valence-corrected chi connectivity index (χ0v) is 21.9. The molecule has 2 aromatic carbocycles. The first-order valence-corrected chi connectivity index (χ1v) is 13.4. The fraction of sp³-hybridized carbons (Fsp3) is 0.600. The van der Waals surface area contributed by atoms with Gasteiger partial charge in [-0.15, -0.1) is 0 Å². The minimum Gasteiger partial charge on any atom is -0.497 e. The molecule has 0 aliphatic heterocycles. The maximum atomic E-state index is 13.0. The Morgan fingerprint density at radius 3 is 1.18 bits per heavy atom. The monoisotopic (exact) mass is 536 g/mol. The summed E-state index contributed by atoms with van der Waals surface area (Å²) in [6.07, 6.45) is 2.50. The number of halogens is 4. The van der Waals surface area contributed by atoms with Gasteiger partial charge in [0.15, 0.2) is 0 Å². The lowest BCUT2D eigenvalue weighted by molar-refractivity contribution is 0.0372. The van der Waals surface area contributed by atoms with Gasteiger partial charge in [-0.3, -0.25) is 0 Å². The van der Waals surface area contributed by atoms with Crippen molar-refractivity contribution in [2.75, 3.05) is 27.4 Å². The number of rotatable bonds is 10.